The zero-order valence-electron chi connectivity index (χ0n) is 10.8. The summed E-state index contributed by atoms with van der Waals surface area (Å²) < 4.78 is 0. The van der Waals surface area contributed by atoms with Crippen LogP contribution in [0.5, 0.6) is 0 Å². The zero-order chi connectivity index (χ0) is 11.8. The van der Waals surface area contributed by atoms with E-state index in [0.717, 1.165) is 12.8 Å². The number of rotatable bonds is 2. The van der Waals surface area contributed by atoms with E-state index in [1.54, 1.807) is 22.3 Å². The van der Waals surface area contributed by atoms with Crippen LogP contribution in [0.15, 0.2) is 57.7 Å². The van der Waals surface area contributed by atoms with Gasteiger partial charge in [-0.1, -0.05) is 35.5 Å². The average Bonchev–Trinajstić information content (AvgIpc) is 2.97. The fourth-order valence-electron chi connectivity index (χ4n) is 3.27. The fourth-order valence-corrected chi connectivity index (χ4v) is 3.27. The second-order valence-electron chi connectivity index (χ2n) is 5.41. The molecule has 0 radical (unpaired) electrons. The second kappa shape index (κ2) is 4.18. The SMILES string of the molecule is CC1=C(C2=C(C3=C(C)CC=C3)CCC2)C=CC1. The molecule has 88 valence electrons. The first-order valence-electron chi connectivity index (χ1n) is 6.72. The quantitative estimate of drug-likeness (QED) is 0.618. The van der Waals surface area contributed by atoms with Gasteiger partial charge in [0.15, 0.2) is 0 Å². The van der Waals surface area contributed by atoms with Gasteiger partial charge < -0.3 is 0 Å². The minimum atomic E-state index is 1.15. The zero-order valence-corrected chi connectivity index (χ0v) is 10.8. The summed E-state index contributed by atoms with van der Waals surface area (Å²) in [4.78, 5) is 0. The first-order chi connectivity index (χ1) is 8.27. The van der Waals surface area contributed by atoms with Gasteiger partial charge >= 0.3 is 0 Å². The Morgan fingerprint density at radius 2 is 1.24 bits per heavy atom. The molecule has 0 N–H and O–H groups in total. The molecule has 3 rings (SSSR count). The summed E-state index contributed by atoms with van der Waals surface area (Å²) in [5, 5.41) is 0. The van der Waals surface area contributed by atoms with Crippen molar-refractivity contribution in [2.75, 3.05) is 0 Å². The molecule has 0 bridgehead atoms. The first kappa shape index (κ1) is 10.8. The molecule has 0 unspecified atom stereocenters. The molecular weight excluding hydrogens is 204 g/mol. The minimum Gasteiger partial charge on any atom is -0.0798 e. The molecule has 0 atom stereocenters. The smallest absolute Gasteiger partial charge is 0.0129 e. The molecule has 0 saturated carbocycles. The lowest BCUT2D eigenvalue weighted by atomic mass is 9.94. The third-order valence-corrected chi connectivity index (χ3v) is 4.20. The lowest BCUT2D eigenvalue weighted by Gasteiger charge is -2.11. The van der Waals surface area contributed by atoms with E-state index in [1.807, 2.05) is 0 Å². The van der Waals surface area contributed by atoms with Crippen LogP contribution in [0.1, 0.15) is 46.0 Å². The van der Waals surface area contributed by atoms with Crippen LogP contribution in [0.2, 0.25) is 0 Å². The van der Waals surface area contributed by atoms with Gasteiger partial charge in [-0.05, 0) is 68.2 Å². The van der Waals surface area contributed by atoms with Gasteiger partial charge in [0.05, 0.1) is 0 Å². The molecule has 0 aromatic carbocycles. The van der Waals surface area contributed by atoms with E-state index in [-0.39, 0.29) is 0 Å². The largest absolute Gasteiger partial charge is 0.0798 e. The van der Waals surface area contributed by atoms with E-state index < -0.39 is 0 Å². The molecule has 0 aromatic rings. The van der Waals surface area contributed by atoms with Crippen LogP contribution < -0.4 is 0 Å². The molecular formula is C17H20. The van der Waals surface area contributed by atoms with Gasteiger partial charge in [0.1, 0.15) is 0 Å². The molecule has 0 saturated heterocycles. The van der Waals surface area contributed by atoms with E-state index in [9.17, 15) is 0 Å². The van der Waals surface area contributed by atoms with E-state index >= 15 is 0 Å². The number of allylic oxidation sites excluding steroid dienone is 10. The normalized spacial score (nSPS) is 23.9. The van der Waals surface area contributed by atoms with Crippen LogP contribution in [-0.2, 0) is 0 Å². The minimum absolute atomic E-state index is 1.15. The van der Waals surface area contributed by atoms with Gasteiger partial charge in [0.2, 0.25) is 0 Å². The maximum atomic E-state index is 2.34. The predicted octanol–water partition coefficient (Wildman–Crippen LogP) is 5.02. The van der Waals surface area contributed by atoms with Gasteiger partial charge in [0.25, 0.3) is 0 Å². The molecule has 0 aliphatic heterocycles. The number of hydrogen-bond donors (Lipinski definition) is 0. The van der Waals surface area contributed by atoms with Crippen molar-refractivity contribution < 1.29 is 0 Å². The van der Waals surface area contributed by atoms with Gasteiger partial charge in [-0.15, -0.1) is 0 Å². The molecule has 3 aliphatic carbocycles. The Kier molecular flexibility index (Phi) is 2.66. The maximum absolute atomic E-state index is 2.34. The molecule has 17 heavy (non-hydrogen) atoms. The summed E-state index contributed by atoms with van der Waals surface area (Å²) >= 11 is 0. The lowest BCUT2D eigenvalue weighted by molar-refractivity contribution is 0.899. The predicted molar refractivity (Wildman–Crippen MR) is 73.8 cm³/mol. The van der Waals surface area contributed by atoms with Crippen LogP contribution in [0.3, 0.4) is 0 Å². The van der Waals surface area contributed by atoms with Crippen molar-refractivity contribution in [3.63, 3.8) is 0 Å². The van der Waals surface area contributed by atoms with Crippen molar-refractivity contribution >= 4 is 0 Å². The Bertz CT molecular complexity index is 458. The molecule has 3 aliphatic rings. The Morgan fingerprint density at radius 1 is 0.765 bits per heavy atom. The van der Waals surface area contributed by atoms with Crippen molar-refractivity contribution in [3.8, 4) is 0 Å². The molecule has 0 spiro atoms. The van der Waals surface area contributed by atoms with Crippen LogP contribution in [0, 0.1) is 0 Å². The highest BCUT2D eigenvalue weighted by molar-refractivity contribution is 5.59. The Hall–Kier alpha value is -1.30. The van der Waals surface area contributed by atoms with E-state index in [0.29, 0.717) is 0 Å². The molecule has 0 heteroatoms. The van der Waals surface area contributed by atoms with Crippen molar-refractivity contribution in [2.45, 2.75) is 46.0 Å². The lowest BCUT2D eigenvalue weighted by Crippen LogP contribution is -1.92. The molecule has 0 fully saturated rings. The summed E-state index contributed by atoms with van der Waals surface area (Å²) in [6, 6.07) is 0. The van der Waals surface area contributed by atoms with Crippen LogP contribution >= 0.6 is 0 Å². The Balaban J connectivity index is 2.08. The van der Waals surface area contributed by atoms with Crippen molar-refractivity contribution in [3.05, 3.63) is 57.7 Å². The van der Waals surface area contributed by atoms with Crippen LogP contribution in [0.4, 0.5) is 0 Å². The first-order valence-corrected chi connectivity index (χ1v) is 6.72. The summed E-state index contributed by atoms with van der Waals surface area (Å²) in [7, 11) is 0. The average molecular weight is 224 g/mol. The Morgan fingerprint density at radius 3 is 1.59 bits per heavy atom. The highest BCUT2D eigenvalue weighted by Crippen LogP contribution is 2.41. The van der Waals surface area contributed by atoms with E-state index in [4.69, 9.17) is 0 Å². The molecule has 0 heterocycles. The van der Waals surface area contributed by atoms with Gasteiger partial charge in [-0.25, -0.2) is 0 Å². The summed E-state index contributed by atoms with van der Waals surface area (Å²) in [6.45, 7) is 4.56. The molecule has 0 aromatic heterocycles. The van der Waals surface area contributed by atoms with Crippen molar-refractivity contribution in [2.24, 2.45) is 0 Å². The monoisotopic (exact) mass is 224 g/mol. The highest BCUT2D eigenvalue weighted by Gasteiger charge is 2.23. The standard InChI is InChI=1S/C17H20/c1-12-6-3-8-14(12)16-10-5-11-17(16)15-9-4-7-13(15)2/h3-4,8-9H,5-7,10-11H2,1-2H3. The molecule has 0 nitrogen and oxygen atoms in total. The maximum Gasteiger partial charge on any atom is -0.0129 e. The third-order valence-electron chi connectivity index (χ3n) is 4.20. The topological polar surface area (TPSA) is 0 Å². The number of hydrogen-bond acceptors (Lipinski definition) is 0. The van der Waals surface area contributed by atoms with Crippen molar-refractivity contribution in [1.29, 1.82) is 0 Å². The summed E-state index contributed by atoms with van der Waals surface area (Å²) in [5.74, 6) is 0. The van der Waals surface area contributed by atoms with E-state index in [1.165, 1.54) is 30.4 Å². The van der Waals surface area contributed by atoms with Crippen LogP contribution in [0.25, 0.3) is 0 Å². The third kappa shape index (κ3) is 1.76. The van der Waals surface area contributed by atoms with Crippen molar-refractivity contribution in [1.82, 2.24) is 0 Å². The second-order valence-corrected chi connectivity index (χ2v) is 5.41. The van der Waals surface area contributed by atoms with E-state index in [2.05, 4.69) is 38.2 Å². The Labute approximate surface area is 104 Å². The van der Waals surface area contributed by atoms with Gasteiger partial charge in [-0.2, -0.15) is 0 Å². The highest BCUT2D eigenvalue weighted by atomic mass is 14.3. The van der Waals surface area contributed by atoms with Crippen LogP contribution in [-0.4, -0.2) is 0 Å². The summed E-state index contributed by atoms with van der Waals surface area (Å²) in [5.41, 5.74) is 9.46. The molecule has 0 amide bonds. The van der Waals surface area contributed by atoms with Gasteiger partial charge in [-0.3, -0.25) is 0 Å². The van der Waals surface area contributed by atoms with Gasteiger partial charge in [0, 0.05) is 0 Å². The fraction of sp³-hybridized carbons (Fsp3) is 0.412. The summed E-state index contributed by atoms with van der Waals surface area (Å²) in [6.07, 6.45) is 15.5.